The minimum Gasteiger partial charge on any atom is -0.337 e. The molecule has 4 rings (SSSR count). The normalized spacial score (nSPS) is 10.8. The molecule has 26 heavy (non-hydrogen) atoms. The summed E-state index contributed by atoms with van der Waals surface area (Å²) in [6, 6.07) is 17.5. The number of aromatic nitrogens is 2. The molecule has 0 radical (unpaired) electrons. The summed E-state index contributed by atoms with van der Waals surface area (Å²) in [5, 5.41) is 2.89. The maximum atomic E-state index is 13.2. The number of rotatable bonds is 4. The van der Waals surface area contributed by atoms with Crippen LogP contribution in [0.1, 0.15) is 15.2 Å². The molecule has 1 aromatic carbocycles. The van der Waals surface area contributed by atoms with E-state index in [2.05, 4.69) is 4.98 Å². The van der Waals surface area contributed by atoms with Crippen molar-refractivity contribution < 1.29 is 4.79 Å². The van der Waals surface area contributed by atoms with Crippen LogP contribution in [0.5, 0.6) is 0 Å². The molecule has 4 aromatic rings. The van der Waals surface area contributed by atoms with Gasteiger partial charge in [-0.2, -0.15) is 0 Å². The number of carbonyl (C=O) groups is 1. The number of pyridine rings is 2. The SMILES string of the molecule is CN(Cc1cccs1)C(=O)c1cc(-c2ccncc2)nc2ccccc12. The molecule has 0 aliphatic heterocycles. The Labute approximate surface area is 155 Å². The van der Waals surface area contributed by atoms with E-state index in [1.807, 2.05) is 67.0 Å². The van der Waals surface area contributed by atoms with E-state index in [0.29, 0.717) is 12.1 Å². The lowest BCUT2D eigenvalue weighted by atomic mass is 10.0. The van der Waals surface area contributed by atoms with Crippen molar-refractivity contribution in [2.75, 3.05) is 7.05 Å². The highest BCUT2D eigenvalue weighted by Crippen LogP contribution is 2.26. The van der Waals surface area contributed by atoms with Gasteiger partial charge in [-0.05, 0) is 35.7 Å². The lowest BCUT2D eigenvalue weighted by Gasteiger charge is -2.18. The third-order valence-electron chi connectivity index (χ3n) is 4.24. The Morgan fingerprint density at radius 1 is 1.08 bits per heavy atom. The van der Waals surface area contributed by atoms with Gasteiger partial charge in [0, 0.05) is 35.3 Å². The average molecular weight is 359 g/mol. The lowest BCUT2D eigenvalue weighted by molar-refractivity contribution is 0.0788. The van der Waals surface area contributed by atoms with Gasteiger partial charge in [-0.15, -0.1) is 11.3 Å². The predicted octanol–water partition coefficient (Wildman–Crippen LogP) is 4.63. The molecule has 3 aromatic heterocycles. The summed E-state index contributed by atoms with van der Waals surface area (Å²) in [6.07, 6.45) is 3.47. The van der Waals surface area contributed by atoms with Crippen molar-refractivity contribution in [3.05, 3.63) is 82.8 Å². The predicted molar refractivity (Wildman–Crippen MR) is 105 cm³/mol. The topological polar surface area (TPSA) is 46.1 Å². The number of para-hydroxylation sites is 1. The van der Waals surface area contributed by atoms with E-state index in [-0.39, 0.29) is 5.91 Å². The second kappa shape index (κ2) is 7.06. The van der Waals surface area contributed by atoms with Crippen molar-refractivity contribution >= 4 is 28.1 Å². The minimum atomic E-state index is -0.00712. The first kappa shape index (κ1) is 16.4. The highest BCUT2D eigenvalue weighted by Gasteiger charge is 2.18. The summed E-state index contributed by atoms with van der Waals surface area (Å²) < 4.78 is 0. The Hall–Kier alpha value is -3.05. The summed E-state index contributed by atoms with van der Waals surface area (Å²) in [4.78, 5) is 24.9. The number of thiophene rings is 1. The van der Waals surface area contributed by atoms with E-state index < -0.39 is 0 Å². The zero-order chi connectivity index (χ0) is 17.9. The molecule has 0 N–H and O–H groups in total. The van der Waals surface area contributed by atoms with Gasteiger partial charge in [0.05, 0.1) is 23.3 Å². The summed E-state index contributed by atoms with van der Waals surface area (Å²) in [5.74, 6) is -0.00712. The molecule has 0 spiro atoms. The maximum absolute atomic E-state index is 13.2. The molecule has 0 saturated carbocycles. The number of amides is 1. The minimum absolute atomic E-state index is 0.00712. The highest BCUT2D eigenvalue weighted by atomic mass is 32.1. The van der Waals surface area contributed by atoms with Gasteiger partial charge < -0.3 is 4.90 Å². The van der Waals surface area contributed by atoms with Crippen molar-refractivity contribution in [1.29, 1.82) is 0 Å². The van der Waals surface area contributed by atoms with Gasteiger partial charge in [-0.3, -0.25) is 9.78 Å². The van der Waals surface area contributed by atoms with Gasteiger partial charge in [-0.1, -0.05) is 24.3 Å². The molecule has 0 aliphatic carbocycles. The van der Waals surface area contributed by atoms with Crippen LogP contribution in [-0.2, 0) is 6.54 Å². The van der Waals surface area contributed by atoms with Crippen LogP contribution in [0.4, 0.5) is 0 Å². The van der Waals surface area contributed by atoms with Gasteiger partial charge in [0.2, 0.25) is 0 Å². The van der Waals surface area contributed by atoms with E-state index in [4.69, 9.17) is 4.98 Å². The number of carbonyl (C=O) groups excluding carboxylic acids is 1. The number of hydrogen-bond donors (Lipinski definition) is 0. The number of benzene rings is 1. The second-order valence-electron chi connectivity index (χ2n) is 6.05. The van der Waals surface area contributed by atoms with Crippen molar-refractivity contribution in [3.8, 4) is 11.3 Å². The molecule has 1 amide bonds. The van der Waals surface area contributed by atoms with Gasteiger partial charge in [-0.25, -0.2) is 4.98 Å². The van der Waals surface area contributed by atoms with Crippen LogP contribution in [0.25, 0.3) is 22.2 Å². The van der Waals surface area contributed by atoms with Crippen LogP contribution in [0.2, 0.25) is 0 Å². The first-order valence-electron chi connectivity index (χ1n) is 8.30. The second-order valence-corrected chi connectivity index (χ2v) is 7.08. The molecular weight excluding hydrogens is 342 g/mol. The Morgan fingerprint density at radius 3 is 2.65 bits per heavy atom. The first-order valence-corrected chi connectivity index (χ1v) is 9.18. The monoisotopic (exact) mass is 359 g/mol. The van der Waals surface area contributed by atoms with Gasteiger partial charge in [0.1, 0.15) is 0 Å². The van der Waals surface area contributed by atoms with Gasteiger partial charge >= 0.3 is 0 Å². The molecular formula is C21H17N3OS. The van der Waals surface area contributed by atoms with E-state index in [9.17, 15) is 4.79 Å². The van der Waals surface area contributed by atoms with E-state index >= 15 is 0 Å². The highest BCUT2D eigenvalue weighted by molar-refractivity contribution is 7.09. The van der Waals surface area contributed by atoms with E-state index in [1.54, 1.807) is 28.6 Å². The summed E-state index contributed by atoms with van der Waals surface area (Å²) in [5.41, 5.74) is 3.20. The van der Waals surface area contributed by atoms with Crippen molar-refractivity contribution in [1.82, 2.24) is 14.9 Å². The van der Waals surface area contributed by atoms with Crippen LogP contribution >= 0.6 is 11.3 Å². The van der Waals surface area contributed by atoms with Crippen LogP contribution < -0.4 is 0 Å². The molecule has 3 heterocycles. The fraction of sp³-hybridized carbons (Fsp3) is 0.0952. The van der Waals surface area contributed by atoms with E-state index in [0.717, 1.165) is 27.0 Å². The summed E-state index contributed by atoms with van der Waals surface area (Å²) in [7, 11) is 1.84. The largest absolute Gasteiger partial charge is 0.337 e. The van der Waals surface area contributed by atoms with E-state index in [1.165, 1.54) is 0 Å². The zero-order valence-corrected chi connectivity index (χ0v) is 15.1. The zero-order valence-electron chi connectivity index (χ0n) is 14.3. The molecule has 128 valence electrons. The van der Waals surface area contributed by atoms with Crippen LogP contribution in [-0.4, -0.2) is 27.8 Å². The van der Waals surface area contributed by atoms with Crippen LogP contribution in [0.15, 0.2) is 72.4 Å². The quantitative estimate of drug-likeness (QED) is 0.534. The third-order valence-corrected chi connectivity index (χ3v) is 5.10. The molecule has 0 unspecified atom stereocenters. The van der Waals surface area contributed by atoms with Crippen molar-refractivity contribution in [2.24, 2.45) is 0 Å². The fourth-order valence-corrected chi connectivity index (χ4v) is 3.69. The molecule has 0 fully saturated rings. The number of fused-ring (bicyclic) bond motifs is 1. The molecule has 5 heteroatoms. The van der Waals surface area contributed by atoms with Crippen LogP contribution in [0.3, 0.4) is 0 Å². The Bertz CT molecular complexity index is 1050. The fourth-order valence-electron chi connectivity index (χ4n) is 2.94. The summed E-state index contributed by atoms with van der Waals surface area (Å²) >= 11 is 1.65. The van der Waals surface area contributed by atoms with Crippen molar-refractivity contribution in [3.63, 3.8) is 0 Å². The number of hydrogen-bond acceptors (Lipinski definition) is 4. The smallest absolute Gasteiger partial charge is 0.254 e. The van der Waals surface area contributed by atoms with Gasteiger partial charge in [0.15, 0.2) is 0 Å². The Kier molecular flexibility index (Phi) is 4.46. The number of nitrogens with zero attached hydrogens (tertiary/aromatic N) is 3. The average Bonchev–Trinajstić information content (AvgIpc) is 3.20. The maximum Gasteiger partial charge on any atom is 0.254 e. The first-order chi connectivity index (χ1) is 12.7. The van der Waals surface area contributed by atoms with Crippen LogP contribution in [0, 0.1) is 0 Å². The molecule has 4 nitrogen and oxygen atoms in total. The molecule has 0 bridgehead atoms. The third kappa shape index (κ3) is 3.21. The standard InChI is InChI=1S/C21H17N3OS/c1-24(14-16-5-4-12-26-16)21(25)18-13-20(15-8-10-22-11-9-15)23-19-7-3-2-6-17(18)19/h2-13H,14H2,1H3. The Morgan fingerprint density at radius 2 is 1.88 bits per heavy atom. The lowest BCUT2D eigenvalue weighted by Crippen LogP contribution is -2.26. The molecule has 0 saturated heterocycles. The van der Waals surface area contributed by atoms with Crippen molar-refractivity contribution in [2.45, 2.75) is 6.54 Å². The Balaban J connectivity index is 1.78. The molecule has 0 atom stereocenters. The molecule has 0 aliphatic rings. The van der Waals surface area contributed by atoms with Gasteiger partial charge in [0.25, 0.3) is 5.91 Å². The summed E-state index contributed by atoms with van der Waals surface area (Å²) in [6.45, 7) is 0.595.